The van der Waals surface area contributed by atoms with Crippen molar-refractivity contribution in [3.05, 3.63) is 35.3 Å². The number of furan rings is 1. The second-order valence-corrected chi connectivity index (χ2v) is 6.36. The van der Waals surface area contributed by atoms with Gasteiger partial charge in [-0.05, 0) is 51.3 Å². The van der Waals surface area contributed by atoms with Gasteiger partial charge in [0.15, 0.2) is 0 Å². The number of urea groups is 1. The Morgan fingerprint density at radius 2 is 2.22 bits per heavy atom. The molecule has 1 heterocycles. The molecule has 2 amide bonds. The van der Waals surface area contributed by atoms with Crippen LogP contribution in [0, 0.1) is 12.7 Å². The first-order valence-corrected chi connectivity index (χ1v) is 7.83. The average molecular weight is 320 g/mol. The third-order valence-electron chi connectivity index (χ3n) is 4.54. The van der Waals surface area contributed by atoms with Gasteiger partial charge in [-0.15, -0.1) is 0 Å². The molecule has 3 rings (SSSR count). The molecule has 1 aliphatic carbocycles. The van der Waals surface area contributed by atoms with Crippen LogP contribution in [-0.2, 0) is 0 Å². The van der Waals surface area contributed by atoms with Crippen molar-refractivity contribution in [1.82, 2.24) is 10.6 Å². The average Bonchev–Trinajstić information content (AvgIpc) is 2.80. The Morgan fingerprint density at radius 3 is 2.87 bits per heavy atom. The van der Waals surface area contributed by atoms with E-state index in [-0.39, 0.29) is 24.4 Å². The lowest BCUT2D eigenvalue weighted by Gasteiger charge is -2.36. The van der Waals surface area contributed by atoms with Gasteiger partial charge in [0.05, 0.1) is 11.6 Å². The molecule has 0 radical (unpaired) electrons. The van der Waals surface area contributed by atoms with Gasteiger partial charge in [-0.1, -0.05) is 0 Å². The summed E-state index contributed by atoms with van der Waals surface area (Å²) in [6, 6.07) is 3.64. The molecule has 2 aromatic rings. The topological polar surface area (TPSA) is 74.5 Å². The Hall–Kier alpha value is -2.08. The number of nitrogens with one attached hydrogen (secondary N) is 2. The lowest BCUT2D eigenvalue weighted by Crippen LogP contribution is -2.50. The standard InChI is InChI=1S/C17H21FN2O3/c1-10-13-8-12(18)4-5-14(13)23-15(10)11(2)20-16(21)19-9-17(22)6-3-7-17/h4-5,8,11,22H,3,6-7,9H2,1-2H3,(H2,19,20,21). The lowest BCUT2D eigenvalue weighted by molar-refractivity contribution is -0.0290. The quantitative estimate of drug-likeness (QED) is 0.810. The third kappa shape index (κ3) is 3.17. The molecule has 0 bridgehead atoms. The van der Waals surface area contributed by atoms with Crippen molar-refractivity contribution < 1.29 is 18.7 Å². The summed E-state index contributed by atoms with van der Waals surface area (Å²) in [6.45, 7) is 3.89. The van der Waals surface area contributed by atoms with Gasteiger partial charge in [-0.2, -0.15) is 0 Å². The van der Waals surface area contributed by atoms with Crippen LogP contribution in [0.1, 0.15) is 43.6 Å². The van der Waals surface area contributed by atoms with Crippen LogP contribution in [0.15, 0.2) is 22.6 Å². The minimum Gasteiger partial charge on any atom is -0.459 e. The van der Waals surface area contributed by atoms with E-state index in [0.717, 1.165) is 24.8 Å². The smallest absolute Gasteiger partial charge is 0.315 e. The van der Waals surface area contributed by atoms with Crippen molar-refractivity contribution in [2.24, 2.45) is 0 Å². The van der Waals surface area contributed by atoms with Crippen LogP contribution < -0.4 is 10.6 Å². The summed E-state index contributed by atoms with van der Waals surface area (Å²) < 4.78 is 19.1. The molecule has 6 heteroatoms. The van der Waals surface area contributed by atoms with E-state index in [2.05, 4.69) is 10.6 Å². The zero-order chi connectivity index (χ0) is 16.6. The van der Waals surface area contributed by atoms with Crippen molar-refractivity contribution >= 4 is 17.0 Å². The minimum absolute atomic E-state index is 0.246. The molecule has 1 aromatic heterocycles. The van der Waals surface area contributed by atoms with Crippen molar-refractivity contribution in [3.8, 4) is 0 Å². The minimum atomic E-state index is -0.757. The first-order chi connectivity index (χ1) is 10.9. The molecule has 0 aliphatic heterocycles. The number of aryl methyl sites for hydroxylation is 1. The van der Waals surface area contributed by atoms with Gasteiger partial charge in [-0.3, -0.25) is 0 Å². The van der Waals surface area contributed by atoms with Crippen LogP contribution in [0.5, 0.6) is 0 Å². The Kier molecular flexibility index (Phi) is 4.02. The van der Waals surface area contributed by atoms with Gasteiger partial charge in [0.2, 0.25) is 0 Å². The van der Waals surface area contributed by atoms with E-state index in [9.17, 15) is 14.3 Å². The van der Waals surface area contributed by atoms with E-state index in [1.807, 2.05) is 6.92 Å². The Balaban J connectivity index is 1.66. The molecule has 1 aromatic carbocycles. The van der Waals surface area contributed by atoms with Crippen LogP contribution in [0.3, 0.4) is 0 Å². The van der Waals surface area contributed by atoms with Crippen LogP contribution in [0.25, 0.3) is 11.0 Å². The van der Waals surface area contributed by atoms with E-state index in [0.29, 0.717) is 16.7 Å². The number of aliphatic hydroxyl groups is 1. The number of amides is 2. The molecule has 1 atom stereocenters. The Labute approximate surface area is 133 Å². The van der Waals surface area contributed by atoms with Gasteiger partial charge in [0, 0.05) is 17.5 Å². The van der Waals surface area contributed by atoms with E-state index in [4.69, 9.17) is 4.42 Å². The molecule has 1 fully saturated rings. The maximum Gasteiger partial charge on any atom is 0.315 e. The number of carbonyl (C=O) groups is 1. The predicted octanol–water partition coefficient (Wildman–Crippen LogP) is 3.16. The summed E-state index contributed by atoms with van der Waals surface area (Å²) in [5.41, 5.74) is 0.648. The highest BCUT2D eigenvalue weighted by molar-refractivity contribution is 5.82. The molecular weight excluding hydrogens is 299 g/mol. The Bertz CT molecular complexity index is 737. The molecule has 124 valence electrons. The predicted molar refractivity (Wildman–Crippen MR) is 84.7 cm³/mol. The first-order valence-electron chi connectivity index (χ1n) is 7.83. The Morgan fingerprint density at radius 1 is 1.48 bits per heavy atom. The fourth-order valence-electron chi connectivity index (χ4n) is 2.94. The zero-order valence-corrected chi connectivity index (χ0v) is 13.3. The third-order valence-corrected chi connectivity index (χ3v) is 4.54. The molecule has 23 heavy (non-hydrogen) atoms. The molecule has 0 saturated heterocycles. The highest BCUT2D eigenvalue weighted by atomic mass is 19.1. The molecule has 1 aliphatic rings. The maximum absolute atomic E-state index is 13.3. The van der Waals surface area contributed by atoms with Crippen LogP contribution in [-0.4, -0.2) is 23.3 Å². The number of rotatable bonds is 4. The van der Waals surface area contributed by atoms with Crippen molar-refractivity contribution in [1.29, 1.82) is 0 Å². The van der Waals surface area contributed by atoms with Crippen molar-refractivity contribution in [3.63, 3.8) is 0 Å². The highest BCUT2D eigenvalue weighted by Gasteiger charge is 2.34. The molecule has 0 spiro atoms. The molecular formula is C17H21FN2O3. The highest BCUT2D eigenvalue weighted by Crippen LogP contribution is 2.31. The van der Waals surface area contributed by atoms with E-state index in [1.54, 1.807) is 13.0 Å². The maximum atomic E-state index is 13.3. The van der Waals surface area contributed by atoms with Gasteiger partial charge in [0.1, 0.15) is 17.2 Å². The first kappa shape index (κ1) is 15.8. The lowest BCUT2D eigenvalue weighted by atomic mass is 9.80. The fraction of sp³-hybridized carbons (Fsp3) is 0.471. The van der Waals surface area contributed by atoms with Crippen molar-refractivity contribution in [2.75, 3.05) is 6.54 Å². The summed E-state index contributed by atoms with van der Waals surface area (Å²) in [5.74, 6) is 0.281. The number of benzene rings is 1. The van der Waals surface area contributed by atoms with Gasteiger partial charge >= 0.3 is 6.03 Å². The van der Waals surface area contributed by atoms with E-state index in [1.165, 1.54) is 12.1 Å². The number of halogens is 1. The van der Waals surface area contributed by atoms with E-state index >= 15 is 0 Å². The molecule has 1 saturated carbocycles. The van der Waals surface area contributed by atoms with Crippen molar-refractivity contribution in [2.45, 2.75) is 44.8 Å². The van der Waals surface area contributed by atoms with Crippen LogP contribution in [0.4, 0.5) is 9.18 Å². The van der Waals surface area contributed by atoms with Crippen LogP contribution in [0.2, 0.25) is 0 Å². The fourth-order valence-corrected chi connectivity index (χ4v) is 2.94. The second kappa shape index (κ2) is 5.85. The number of hydrogen-bond donors (Lipinski definition) is 3. The normalized spacial score (nSPS) is 17.6. The van der Waals surface area contributed by atoms with Gasteiger partial charge in [0.25, 0.3) is 0 Å². The summed E-state index contributed by atoms with van der Waals surface area (Å²) in [5, 5.41) is 16.2. The van der Waals surface area contributed by atoms with Crippen LogP contribution >= 0.6 is 0 Å². The number of fused-ring (bicyclic) bond motifs is 1. The second-order valence-electron chi connectivity index (χ2n) is 6.36. The number of hydrogen-bond acceptors (Lipinski definition) is 3. The number of carbonyl (C=O) groups excluding carboxylic acids is 1. The SMILES string of the molecule is Cc1c(C(C)NC(=O)NCC2(O)CCC2)oc2ccc(F)cc12. The molecule has 3 N–H and O–H groups in total. The summed E-state index contributed by atoms with van der Waals surface area (Å²) >= 11 is 0. The molecule has 1 unspecified atom stereocenters. The zero-order valence-electron chi connectivity index (χ0n) is 13.3. The summed E-state index contributed by atoms with van der Waals surface area (Å²) in [7, 11) is 0. The monoisotopic (exact) mass is 320 g/mol. The molecule has 5 nitrogen and oxygen atoms in total. The van der Waals surface area contributed by atoms with E-state index < -0.39 is 5.60 Å². The largest absolute Gasteiger partial charge is 0.459 e. The van der Waals surface area contributed by atoms with Gasteiger partial charge < -0.3 is 20.2 Å². The summed E-state index contributed by atoms with van der Waals surface area (Å²) in [4.78, 5) is 12.0. The van der Waals surface area contributed by atoms with Gasteiger partial charge in [-0.25, -0.2) is 9.18 Å². The summed E-state index contributed by atoms with van der Waals surface area (Å²) in [6.07, 6.45) is 2.43.